The molecule has 0 radical (unpaired) electrons. The molecule has 0 heteroatoms. The molecule has 25 heavy (non-hydrogen) atoms. The van der Waals surface area contributed by atoms with Crippen molar-refractivity contribution in [1.82, 2.24) is 0 Å². The largest absolute Gasteiger partial charge is 0.0654 e. The van der Waals surface area contributed by atoms with Gasteiger partial charge in [0.15, 0.2) is 0 Å². The Hall–Kier alpha value is 0. The summed E-state index contributed by atoms with van der Waals surface area (Å²) in [5.41, 5.74) is 0. The summed E-state index contributed by atoms with van der Waals surface area (Å²) in [5.74, 6) is 7.61. The first-order valence-corrected chi connectivity index (χ1v) is 12.2. The lowest BCUT2D eigenvalue weighted by atomic mass is 9.67. The maximum atomic E-state index is 2.53. The molecule has 3 aliphatic rings. The van der Waals surface area contributed by atoms with Gasteiger partial charge in [-0.1, -0.05) is 72.1 Å². The van der Waals surface area contributed by atoms with Crippen molar-refractivity contribution in [2.45, 2.75) is 117 Å². The van der Waals surface area contributed by atoms with Crippen LogP contribution in [-0.2, 0) is 0 Å². The fraction of sp³-hybridized carbons (Fsp3) is 1.00. The second kappa shape index (κ2) is 9.80. The minimum Gasteiger partial charge on any atom is -0.0654 e. The molecule has 5 unspecified atom stereocenters. The van der Waals surface area contributed by atoms with Crippen LogP contribution in [0.3, 0.4) is 0 Å². The van der Waals surface area contributed by atoms with Crippen molar-refractivity contribution in [3.8, 4) is 0 Å². The Balaban J connectivity index is 1.49. The summed E-state index contributed by atoms with van der Waals surface area (Å²) in [4.78, 5) is 0. The summed E-state index contributed by atoms with van der Waals surface area (Å²) in [5, 5.41) is 0. The summed E-state index contributed by atoms with van der Waals surface area (Å²) in [6.07, 6.45) is 23.0. The van der Waals surface area contributed by atoms with E-state index in [1.54, 1.807) is 57.8 Å². The van der Waals surface area contributed by atoms with Crippen LogP contribution in [0, 0.1) is 41.4 Å². The van der Waals surface area contributed by atoms with E-state index < -0.39 is 0 Å². The zero-order valence-corrected chi connectivity index (χ0v) is 17.6. The zero-order valence-electron chi connectivity index (χ0n) is 17.6. The molecule has 0 aliphatic heterocycles. The molecule has 3 aliphatic carbocycles. The highest BCUT2D eigenvalue weighted by Crippen LogP contribution is 2.51. The molecule has 0 aromatic rings. The van der Waals surface area contributed by atoms with E-state index in [1.807, 2.05) is 0 Å². The molecule has 0 amide bonds. The number of hydrogen-bond donors (Lipinski definition) is 0. The lowest BCUT2D eigenvalue weighted by Gasteiger charge is -2.38. The SMILES string of the molecule is CCCCC1CCCC1C1CCC(C2CC(C)CC2CCCC)CC1. The molecule has 0 aromatic heterocycles. The average Bonchev–Trinajstić information content (AvgIpc) is 3.24. The van der Waals surface area contributed by atoms with Gasteiger partial charge < -0.3 is 0 Å². The summed E-state index contributed by atoms with van der Waals surface area (Å²) in [6.45, 7) is 7.27. The van der Waals surface area contributed by atoms with Gasteiger partial charge in [-0.3, -0.25) is 0 Å². The minimum absolute atomic E-state index is 1.01. The number of hydrogen-bond acceptors (Lipinski definition) is 0. The van der Waals surface area contributed by atoms with Gasteiger partial charge in [0, 0.05) is 0 Å². The van der Waals surface area contributed by atoms with Crippen LogP contribution in [-0.4, -0.2) is 0 Å². The number of rotatable bonds is 8. The van der Waals surface area contributed by atoms with Gasteiger partial charge in [0.1, 0.15) is 0 Å². The van der Waals surface area contributed by atoms with Gasteiger partial charge in [-0.05, 0) is 86.4 Å². The van der Waals surface area contributed by atoms with E-state index in [4.69, 9.17) is 0 Å². The number of unbranched alkanes of at least 4 members (excludes halogenated alkanes) is 2. The van der Waals surface area contributed by atoms with E-state index in [2.05, 4.69) is 20.8 Å². The second-order valence-corrected chi connectivity index (χ2v) is 10.3. The molecule has 3 rings (SSSR count). The molecule has 0 spiro atoms. The molecule has 5 atom stereocenters. The normalized spacial score (nSPS) is 42.1. The van der Waals surface area contributed by atoms with Crippen molar-refractivity contribution in [3.63, 3.8) is 0 Å². The fourth-order valence-electron chi connectivity index (χ4n) is 7.33. The highest BCUT2D eigenvalue weighted by atomic mass is 14.5. The molecule has 3 fully saturated rings. The molecule has 0 saturated heterocycles. The van der Waals surface area contributed by atoms with Crippen LogP contribution in [0.4, 0.5) is 0 Å². The van der Waals surface area contributed by atoms with E-state index in [0.29, 0.717) is 0 Å². The van der Waals surface area contributed by atoms with Crippen LogP contribution in [0.2, 0.25) is 0 Å². The van der Waals surface area contributed by atoms with E-state index in [0.717, 1.165) is 41.4 Å². The van der Waals surface area contributed by atoms with Crippen LogP contribution in [0.1, 0.15) is 117 Å². The molecular weight excluding hydrogens is 300 g/mol. The lowest BCUT2D eigenvalue weighted by molar-refractivity contribution is 0.119. The molecule has 0 aromatic carbocycles. The Bertz CT molecular complexity index is 364. The third kappa shape index (κ3) is 5.04. The molecule has 146 valence electrons. The van der Waals surface area contributed by atoms with E-state index >= 15 is 0 Å². The van der Waals surface area contributed by atoms with Gasteiger partial charge in [0.25, 0.3) is 0 Å². The van der Waals surface area contributed by atoms with Crippen LogP contribution in [0.25, 0.3) is 0 Å². The van der Waals surface area contributed by atoms with E-state index in [1.165, 1.54) is 38.5 Å². The minimum atomic E-state index is 1.01. The standard InChI is InChI=1S/C25H46/c1-4-6-9-20-11-8-12-24(20)21-13-15-22(16-14-21)25-18-19(3)17-23(25)10-7-5-2/h19-25H,4-18H2,1-3H3. The van der Waals surface area contributed by atoms with Crippen LogP contribution in [0.15, 0.2) is 0 Å². The van der Waals surface area contributed by atoms with Crippen molar-refractivity contribution >= 4 is 0 Å². The van der Waals surface area contributed by atoms with Crippen LogP contribution >= 0.6 is 0 Å². The summed E-state index contributed by atoms with van der Waals surface area (Å²) >= 11 is 0. The van der Waals surface area contributed by atoms with Crippen molar-refractivity contribution in [3.05, 3.63) is 0 Å². The quantitative estimate of drug-likeness (QED) is 0.415. The zero-order chi connectivity index (χ0) is 17.6. The second-order valence-electron chi connectivity index (χ2n) is 10.3. The summed E-state index contributed by atoms with van der Waals surface area (Å²) in [7, 11) is 0. The monoisotopic (exact) mass is 346 g/mol. The van der Waals surface area contributed by atoms with Gasteiger partial charge in [-0.25, -0.2) is 0 Å². The third-order valence-electron chi connectivity index (χ3n) is 8.59. The molecule has 3 saturated carbocycles. The maximum absolute atomic E-state index is 2.53. The van der Waals surface area contributed by atoms with Crippen LogP contribution < -0.4 is 0 Å². The van der Waals surface area contributed by atoms with Gasteiger partial charge in [0.05, 0.1) is 0 Å². The Kier molecular flexibility index (Phi) is 7.74. The first-order valence-electron chi connectivity index (χ1n) is 12.2. The van der Waals surface area contributed by atoms with E-state index in [-0.39, 0.29) is 0 Å². The predicted molar refractivity (Wildman–Crippen MR) is 111 cm³/mol. The molecular formula is C25H46. The van der Waals surface area contributed by atoms with Crippen molar-refractivity contribution < 1.29 is 0 Å². The fourth-order valence-corrected chi connectivity index (χ4v) is 7.33. The Morgan fingerprint density at radius 3 is 1.88 bits per heavy atom. The Labute approximate surface area is 158 Å². The van der Waals surface area contributed by atoms with Gasteiger partial charge in [-0.2, -0.15) is 0 Å². The average molecular weight is 347 g/mol. The molecule has 0 nitrogen and oxygen atoms in total. The first kappa shape index (κ1) is 19.8. The van der Waals surface area contributed by atoms with Crippen LogP contribution in [0.5, 0.6) is 0 Å². The highest BCUT2D eigenvalue weighted by molar-refractivity contribution is 4.91. The van der Waals surface area contributed by atoms with Crippen molar-refractivity contribution in [2.75, 3.05) is 0 Å². The van der Waals surface area contributed by atoms with E-state index in [9.17, 15) is 0 Å². The smallest absolute Gasteiger partial charge is 0.0355 e. The molecule has 0 bridgehead atoms. The summed E-state index contributed by atoms with van der Waals surface area (Å²) < 4.78 is 0. The van der Waals surface area contributed by atoms with Gasteiger partial charge in [0.2, 0.25) is 0 Å². The third-order valence-corrected chi connectivity index (χ3v) is 8.59. The molecule has 0 N–H and O–H groups in total. The highest BCUT2D eigenvalue weighted by Gasteiger charge is 2.40. The van der Waals surface area contributed by atoms with Gasteiger partial charge >= 0.3 is 0 Å². The summed E-state index contributed by atoms with van der Waals surface area (Å²) in [6, 6.07) is 0. The Morgan fingerprint density at radius 2 is 1.24 bits per heavy atom. The maximum Gasteiger partial charge on any atom is -0.0355 e. The lowest BCUT2D eigenvalue weighted by Crippen LogP contribution is -2.29. The molecule has 0 heterocycles. The van der Waals surface area contributed by atoms with Crippen molar-refractivity contribution in [1.29, 1.82) is 0 Å². The predicted octanol–water partition coefficient (Wildman–Crippen LogP) is 8.25. The van der Waals surface area contributed by atoms with Gasteiger partial charge in [-0.15, -0.1) is 0 Å². The Morgan fingerprint density at radius 1 is 0.640 bits per heavy atom. The van der Waals surface area contributed by atoms with Crippen molar-refractivity contribution in [2.24, 2.45) is 41.4 Å². The first-order chi connectivity index (χ1) is 12.2. The topological polar surface area (TPSA) is 0 Å².